The highest BCUT2D eigenvalue weighted by molar-refractivity contribution is 5.87. The van der Waals surface area contributed by atoms with E-state index in [2.05, 4.69) is 11.4 Å². The van der Waals surface area contributed by atoms with E-state index >= 15 is 0 Å². The van der Waals surface area contributed by atoms with Crippen LogP contribution in [-0.2, 0) is 22.6 Å². The van der Waals surface area contributed by atoms with Crippen LogP contribution in [0, 0.1) is 6.92 Å². The molecular formula is C28H32N2O3. The molecule has 0 saturated carbocycles. The lowest BCUT2D eigenvalue weighted by Crippen LogP contribution is -2.49. The van der Waals surface area contributed by atoms with Crippen molar-refractivity contribution in [2.24, 2.45) is 0 Å². The summed E-state index contributed by atoms with van der Waals surface area (Å²) in [5.41, 5.74) is 3.14. The standard InChI is InChI=1S/C28H32N2O3/c1-22-11-9-14-24(19-22)21-30(26(28(32)29-2)20-23-12-5-3-6-13-23)27(31)17-10-18-33-25-15-7-4-8-16-25/h3-9,11-16,19,26H,10,17-18,20-21H2,1-2H3,(H,29,32). The SMILES string of the molecule is CNC(=O)C(Cc1ccccc1)N(Cc1cccc(C)c1)C(=O)CCCOc1ccccc1. The highest BCUT2D eigenvalue weighted by Gasteiger charge is 2.29. The molecule has 0 bridgehead atoms. The van der Waals surface area contributed by atoms with Gasteiger partial charge in [0.2, 0.25) is 11.8 Å². The zero-order valence-electron chi connectivity index (χ0n) is 19.4. The summed E-state index contributed by atoms with van der Waals surface area (Å²) in [5, 5.41) is 2.75. The first-order valence-electron chi connectivity index (χ1n) is 11.3. The zero-order chi connectivity index (χ0) is 23.5. The Hall–Kier alpha value is -3.60. The van der Waals surface area contributed by atoms with Crippen LogP contribution in [-0.4, -0.2) is 36.4 Å². The molecule has 172 valence electrons. The lowest BCUT2D eigenvalue weighted by atomic mass is 10.0. The molecule has 5 heteroatoms. The van der Waals surface area contributed by atoms with E-state index in [-0.39, 0.29) is 11.8 Å². The van der Waals surface area contributed by atoms with Gasteiger partial charge < -0.3 is 15.0 Å². The number of likely N-dealkylation sites (N-methyl/N-ethyl adjacent to an activating group) is 1. The first-order valence-corrected chi connectivity index (χ1v) is 11.3. The van der Waals surface area contributed by atoms with E-state index in [0.29, 0.717) is 32.4 Å². The van der Waals surface area contributed by atoms with E-state index in [1.54, 1.807) is 11.9 Å². The minimum Gasteiger partial charge on any atom is -0.494 e. The molecule has 0 aromatic heterocycles. The summed E-state index contributed by atoms with van der Waals surface area (Å²) in [6.07, 6.45) is 1.34. The number of hydrogen-bond donors (Lipinski definition) is 1. The van der Waals surface area contributed by atoms with Crippen molar-refractivity contribution in [1.29, 1.82) is 0 Å². The number of nitrogens with one attached hydrogen (secondary N) is 1. The van der Waals surface area contributed by atoms with Gasteiger partial charge in [-0.1, -0.05) is 78.4 Å². The number of rotatable bonds is 11. The van der Waals surface area contributed by atoms with E-state index in [0.717, 1.165) is 22.4 Å². The van der Waals surface area contributed by atoms with Crippen LogP contribution in [0.1, 0.15) is 29.5 Å². The molecule has 0 radical (unpaired) electrons. The number of nitrogens with zero attached hydrogens (tertiary/aromatic N) is 1. The van der Waals surface area contributed by atoms with E-state index in [1.807, 2.05) is 85.8 Å². The van der Waals surface area contributed by atoms with Crippen molar-refractivity contribution in [3.8, 4) is 5.75 Å². The summed E-state index contributed by atoms with van der Waals surface area (Å²) >= 11 is 0. The van der Waals surface area contributed by atoms with Crippen molar-refractivity contribution in [1.82, 2.24) is 10.2 Å². The summed E-state index contributed by atoms with van der Waals surface area (Å²) in [7, 11) is 1.61. The molecule has 3 aromatic carbocycles. The molecule has 3 rings (SSSR count). The van der Waals surface area contributed by atoms with Crippen molar-refractivity contribution < 1.29 is 14.3 Å². The predicted octanol–water partition coefficient (Wildman–Crippen LogP) is 4.54. The van der Waals surface area contributed by atoms with Crippen LogP contribution in [0.15, 0.2) is 84.9 Å². The molecule has 0 aliphatic rings. The second-order valence-corrected chi connectivity index (χ2v) is 8.10. The maximum atomic E-state index is 13.4. The molecule has 0 heterocycles. The van der Waals surface area contributed by atoms with Crippen LogP contribution in [0.2, 0.25) is 0 Å². The number of benzene rings is 3. The molecule has 0 saturated heterocycles. The van der Waals surface area contributed by atoms with Gasteiger partial charge in [-0.05, 0) is 36.6 Å². The number of hydrogen-bond acceptors (Lipinski definition) is 3. The second-order valence-electron chi connectivity index (χ2n) is 8.10. The van der Waals surface area contributed by atoms with Crippen LogP contribution in [0.5, 0.6) is 5.75 Å². The van der Waals surface area contributed by atoms with Gasteiger partial charge in [0.05, 0.1) is 6.61 Å². The molecule has 33 heavy (non-hydrogen) atoms. The fourth-order valence-corrected chi connectivity index (χ4v) is 3.80. The van der Waals surface area contributed by atoms with Crippen molar-refractivity contribution >= 4 is 11.8 Å². The lowest BCUT2D eigenvalue weighted by molar-refractivity contribution is -0.141. The van der Waals surface area contributed by atoms with Gasteiger partial charge >= 0.3 is 0 Å². The zero-order valence-corrected chi connectivity index (χ0v) is 19.4. The highest BCUT2D eigenvalue weighted by Crippen LogP contribution is 2.17. The first-order chi connectivity index (χ1) is 16.1. The third kappa shape index (κ3) is 7.49. The Morgan fingerprint density at radius 3 is 2.24 bits per heavy atom. The fourth-order valence-electron chi connectivity index (χ4n) is 3.80. The predicted molar refractivity (Wildman–Crippen MR) is 131 cm³/mol. The van der Waals surface area contributed by atoms with Crippen LogP contribution >= 0.6 is 0 Å². The van der Waals surface area contributed by atoms with E-state index in [4.69, 9.17) is 4.74 Å². The molecule has 5 nitrogen and oxygen atoms in total. The maximum absolute atomic E-state index is 13.4. The van der Waals surface area contributed by atoms with Gasteiger partial charge in [-0.3, -0.25) is 9.59 Å². The maximum Gasteiger partial charge on any atom is 0.242 e. The minimum absolute atomic E-state index is 0.0577. The van der Waals surface area contributed by atoms with E-state index in [9.17, 15) is 9.59 Å². The summed E-state index contributed by atoms with van der Waals surface area (Å²) in [5.74, 6) is 0.562. The molecule has 2 amide bonds. The quantitative estimate of drug-likeness (QED) is 0.442. The van der Waals surface area contributed by atoms with Gasteiger partial charge in [-0.2, -0.15) is 0 Å². The first kappa shape index (κ1) is 24.1. The summed E-state index contributed by atoms with van der Waals surface area (Å²) in [6, 6.07) is 26.8. The van der Waals surface area contributed by atoms with Crippen LogP contribution in [0.4, 0.5) is 0 Å². The van der Waals surface area contributed by atoms with Crippen molar-refractivity contribution in [3.63, 3.8) is 0 Å². The number of ether oxygens (including phenoxy) is 1. The van der Waals surface area contributed by atoms with Crippen molar-refractivity contribution in [3.05, 3.63) is 102 Å². The molecule has 3 aromatic rings. The van der Waals surface area contributed by atoms with Gasteiger partial charge in [0.1, 0.15) is 11.8 Å². The normalized spacial score (nSPS) is 11.5. The topological polar surface area (TPSA) is 58.6 Å². The summed E-state index contributed by atoms with van der Waals surface area (Å²) in [6.45, 7) is 2.85. The molecule has 0 aliphatic carbocycles. The smallest absolute Gasteiger partial charge is 0.242 e. The molecule has 1 atom stereocenters. The van der Waals surface area contributed by atoms with Crippen LogP contribution in [0.25, 0.3) is 0 Å². The summed E-state index contributed by atoms with van der Waals surface area (Å²) < 4.78 is 5.74. The minimum atomic E-state index is -0.597. The third-order valence-corrected chi connectivity index (χ3v) is 5.50. The number of para-hydroxylation sites is 1. The average molecular weight is 445 g/mol. The molecule has 1 N–H and O–H groups in total. The average Bonchev–Trinajstić information content (AvgIpc) is 2.84. The largest absolute Gasteiger partial charge is 0.494 e. The molecule has 0 spiro atoms. The Morgan fingerprint density at radius 1 is 0.909 bits per heavy atom. The lowest BCUT2D eigenvalue weighted by Gasteiger charge is -2.31. The molecule has 0 aliphatic heterocycles. The highest BCUT2D eigenvalue weighted by atomic mass is 16.5. The van der Waals surface area contributed by atoms with Crippen molar-refractivity contribution in [2.75, 3.05) is 13.7 Å². The van der Waals surface area contributed by atoms with E-state index < -0.39 is 6.04 Å². The number of carbonyl (C=O) groups is 2. The Balaban J connectivity index is 1.75. The summed E-state index contributed by atoms with van der Waals surface area (Å²) in [4.78, 5) is 28.0. The Morgan fingerprint density at radius 2 is 1.58 bits per heavy atom. The fraction of sp³-hybridized carbons (Fsp3) is 0.286. The molecular weight excluding hydrogens is 412 g/mol. The second kappa shape index (κ2) is 12.4. The van der Waals surface area contributed by atoms with Crippen LogP contribution in [0.3, 0.4) is 0 Å². The Labute approximate surface area is 196 Å². The van der Waals surface area contributed by atoms with Gasteiger partial charge in [-0.25, -0.2) is 0 Å². The van der Waals surface area contributed by atoms with Gasteiger partial charge in [-0.15, -0.1) is 0 Å². The van der Waals surface area contributed by atoms with Gasteiger partial charge in [0.15, 0.2) is 0 Å². The number of amides is 2. The van der Waals surface area contributed by atoms with Crippen LogP contribution < -0.4 is 10.1 Å². The Kier molecular flexibility index (Phi) is 9.07. The third-order valence-electron chi connectivity index (χ3n) is 5.50. The Bertz CT molecular complexity index is 1020. The monoisotopic (exact) mass is 444 g/mol. The van der Waals surface area contributed by atoms with E-state index in [1.165, 1.54) is 0 Å². The number of carbonyl (C=O) groups excluding carboxylic acids is 2. The van der Waals surface area contributed by atoms with Crippen molar-refractivity contribution in [2.45, 2.75) is 38.8 Å². The number of aryl methyl sites for hydroxylation is 1. The molecule has 0 fully saturated rings. The van der Waals surface area contributed by atoms with Gasteiger partial charge in [0, 0.05) is 26.4 Å². The molecule has 1 unspecified atom stereocenters. The van der Waals surface area contributed by atoms with Gasteiger partial charge in [0.25, 0.3) is 0 Å².